The highest BCUT2D eigenvalue weighted by atomic mass is 79.9. The molecule has 0 spiro atoms. The van der Waals surface area contributed by atoms with E-state index in [1.54, 1.807) is 36.7 Å². The number of carbonyl (C=O) groups is 1. The number of aromatic nitrogens is 2. The van der Waals surface area contributed by atoms with Gasteiger partial charge in [0, 0.05) is 12.4 Å². The lowest BCUT2D eigenvalue weighted by atomic mass is 10.2. The normalized spacial score (nSPS) is 9.89. The van der Waals surface area contributed by atoms with Gasteiger partial charge >= 0.3 is 0 Å². The predicted octanol–water partition coefficient (Wildman–Crippen LogP) is 2.50. The average Bonchev–Trinajstić information content (AvgIpc) is 2.41. The molecule has 2 aromatic heterocycles. The summed E-state index contributed by atoms with van der Waals surface area (Å²) in [7, 11) is 1.47. The molecule has 0 bridgehead atoms. The average molecular weight is 308 g/mol. The fourth-order valence-electron chi connectivity index (χ4n) is 1.38. The molecule has 1 N–H and O–H groups in total. The van der Waals surface area contributed by atoms with E-state index in [4.69, 9.17) is 4.74 Å². The number of halogens is 1. The van der Waals surface area contributed by atoms with Crippen LogP contribution in [0.5, 0.6) is 5.88 Å². The summed E-state index contributed by atoms with van der Waals surface area (Å²) >= 11 is 3.31. The van der Waals surface area contributed by atoms with Crippen LogP contribution in [0, 0.1) is 0 Å². The van der Waals surface area contributed by atoms with Crippen molar-refractivity contribution < 1.29 is 9.53 Å². The van der Waals surface area contributed by atoms with Crippen LogP contribution in [0.15, 0.2) is 41.1 Å². The van der Waals surface area contributed by atoms with E-state index in [0.717, 1.165) is 0 Å². The number of nitrogens with one attached hydrogen (secondary N) is 1. The van der Waals surface area contributed by atoms with Crippen LogP contribution in [-0.4, -0.2) is 23.0 Å². The molecule has 2 heterocycles. The Morgan fingerprint density at radius 1 is 1.28 bits per heavy atom. The summed E-state index contributed by atoms with van der Waals surface area (Å²) in [6, 6.07) is 6.87. The number of nitrogens with zero attached hydrogens (tertiary/aromatic N) is 2. The van der Waals surface area contributed by atoms with E-state index in [2.05, 4.69) is 31.2 Å². The monoisotopic (exact) mass is 307 g/mol. The Morgan fingerprint density at radius 2 is 2.00 bits per heavy atom. The third kappa shape index (κ3) is 2.65. The maximum Gasteiger partial charge on any atom is 0.262 e. The van der Waals surface area contributed by atoms with Gasteiger partial charge in [0.1, 0.15) is 11.4 Å². The van der Waals surface area contributed by atoms with Gasteiger partial charge in [-0.25, -0.2) is 9.97 Å². The molecule has 0 fully saturated rings. The quantitative estimate of drug-likeness (QED) is 0.946. The summed E-state index contributed by atoms with van der Waals surface area (Å²) in [4.78, 5) is 20.1. The number of carbonyl (C=O) groups excluding carboxylic acids is 1. The molecule has 92 valence electrons. The number of rotatable bonds is 3. The van der Waals surface area contributed by atoms with E-state index < -0.39 is 0 Å². The van der Waals surface area contributed by atoms with Crippen molar-refractivity contribution in [1.82, 2.24) is 9.97 Å². The number of hydrogen-bond donors (Lipinski definition) is 1. The summed E-state index contributed by atoms with van der Waals surface area (Å²) in [5.41, 5.74) is 0.359. The minimum atomic E-state index is -0.320. The van der Waals surface area contributed by atoms with E-state index in [9.17, 15) is 4.79 Å². The lowest BCUT2D eigenvalue weighted by Gasteiger charge is -2.08. The van der Waals surface area contributed by atoms with E-state index in [1.165, 1.54) is 7.11 Å². The molecule has 1 amide bonds. The third-order valence-electron chi connectivity index (χ3n) is 2.20. The van der Waals surface area contributed by atoms with Crippen LogP contribution < -0.4 is 10.1 Å². The minimum absolute atomic E-state index is 0.280. The van der Waals surface area contributed by atoms with Crippen molar-refractivity contribution in [2.24, 2.45) is 0 Å². The van der Waals surface area contributed by atoms with Crippen LogP contribution in [-0.2, 0) is 0 Å². The largest absolute Gasteiger partial charge is 0.480 e. The minimum Gasteiger partial charge on any atom is -0.480 e. The highest BCUT2D eigenvalue weighted by molar-refractivity contribution is 9.10. The SMILES string of the molecule is COc1ncccc1C(=O)Nc1ncccc1Br. The topological polar surface area (TPSA) is 64.1 Å². The van der Waals surface area contributed by atoms with Gasteiger partial charge in [0.2, 0.25) is 5.88 Å². The molecule has 2 rings (SSSR count). The molecule has 2 aromatic rings. The third-order valence-corrected chi connectivity index (χ3v) is 2.84. The van der Waals surface area contributed by atoms with Crippen molar-refractivity contribution in [3.05, 3.63) is 46.7 Å². The number of hydrogen-bond acceptors (Lipinski definition) is 4. The Balaban J connectivity index is 2.25. The maximum atomic E-state index is 12.1. The number of amides is 1. The molecule has 0 saturated carbocycles. The molecule has 18 heavy (non-hydrogen) atoms. The van der Waals surface area contributed by atoms with Crippen molar-refractivity contribution in [3.63, 3.8) is 0 Å². The van der Waals surface area contributed by atoms with Crippen molar-refractivity contribution in [2.45, 2.75) is 0 Å². The molecular formula is C12H10BrN3O2. The van der Waals surface area contributed by atoms with Crippen LogP contribution in [0.25, 0.3) is 0 Å². The Bertz CT molecular complexity index is 575. The molecule has 0 aliphatic rings. The van der Waals surface area contributed by atoms with Crippen molar-refractivity contribution in [1.29, 1.82) is 0 Å². The lowest BCUT2D eigenvalue weighted by molar-refractivity contribution is 0.102. The molecule has 0 aliphatic heterocycles. The summed E-state index contributed by atoms with van der Waals surface area (Å²) in [5.74, 6) is 0.412. The first-order valence-electron chi connectivity index (χ1n) is 5.13. The van der Waals surface area contributed by atoms with Crippen LogP contribution in [0.2, 0.25) is 0 Å². The van der Waals surface area contributed by atoms with Gasteiger partial charge in [0.25, 0.3) is 5.91 Å². The zero-order valence-corrected chi connectivity index (χ0v) is 11.1. The zero-order chi connectivity index (χ0) is 13.0. The van der Waals surface area contributed by atoms with E-state index in [1.807, 2.05) is 0 Å². The second kappa shape index (κ2) is 5.59. The predicted molar refractivity (Wildman–Crippen MR) is 70.7 cm³/mol. The van der Waals surface area contributed by atoms with Gasteiger partial charge in [-0.3, -0.25) is 4.79 Å². The summed E-state index contributed by atoms with van der Waals surface area (Å²) in [6.07, 6.45) is 3.16. The van der Waals surface area contributed by atoms with Crippen LogP contribution in [0.3, 0.4) is 0 Å². The molecule has 0 aliphatic carbocycles. The van der Waals surface area contributed by atoms with Crippen LogP contribution in [0.4, 0.5) is 5.82 Å². The highest BCUT2D eigenvalue weighted by Crippen LogP contribution is 2.21. The van der Waals surface area contributed by atoms with Gasteiger partial charge in [-0.2, -0.15) is 0 Å². The van der Waals surface area contributed by atoms with Gasteiger partial charge in [0.15, 0.2) is 0 Å². The lowest BCUT2D eigenvalue weighted by Crippen LogP contribution is -2.14. The molecule has 0 saturated heterocycles. The summed E-state index contributed by atoms with van der Waals surface area (Å²) in [5, 5.41) is 2.68. The first-order chi connectivity index (χ1) is 8.72. The molecule has 0 aromatic carbocycles. The maximum absolute atomic E-state index is 12.1. The molecule has 0 radical (unpaired) electrons. The number of pyridine rings is 2. The van der Waals surface area contributed by atoms with Gasteiger partial charge in [-0.1, -0.05) is 0 Å². The fourth-order valence-corrected chi connectivity index (χ4v) is 1.73. The fraction of sp³-hybridized carbons (Fsp3) is 0.0833. The van der Waals surface area contributed by atoms with Crippen LogP contribution >= 0.6 is 15.9 Å². The van der Waals surface area contributed by atoms with E-state index in [-0.39, 0.29) is 11.8 Å². The Labute approximate surface area is 112 Å². The van der Waals surface area contributed by atoms with Crippen molar-refractivity contribution in [2.75, 3.05) is 12.4 Å². The highest BCUT2D eigenvalue weighted by Gasteiger charge is 2.14. The first kappa shape index (κ1) is 12.5. The summed E-state index contributed by atoms with van der Waals surface area (Å²) in [6.45, 7) is 0. The zero-order valence-electron chi connectivity index (χ0n) is 9.55. The number of ether oxygens (including phenoxy) is 1. The summed E-state index contributed by atoms with van der Waals surface area (Å²) < 4.78 is 5.74. The van der Waals surface area contributed by atoms with E-state index in [0.29, 0.717) is 15.9 Å². The second-order valence-corrected chi connectivity index (χ2v) is 4.20. The van der Waals surface area contributed by atoms with Crippen molar-refractivity contribution in [3.8, 4) is 5.88 Å². The first-order valence-corrected chi connectivity index (χ1v) is 5.92. The van der Waals surface area contributed by atoms with Gasteiger partial charge < -0.3 is 10.1 Å². The van der Waals surface area contributed by atoms with Gasteiger partial charge in [-0.05, 0) is 40.2 Å². The molecule has 5 nitrogen and oxygen atoms in total. The second-order valence-electron chi connectivity index (χ2n) is 3.35. The number of anilines is 1. The standard InChI is InChI=1S/C12H10BrN3O2/c1-18-12-8(4-2-7-15-12)11(17)16-10-9(13)5-3-6-14-10/h2-7H,1H3,(H,14,16,17). The molecule has 6 heteroatoms. The van der Waals surface area contributed by atoms with Gasteiger partial charge in [-0.15, -0.1) is 0 Å². The van der Waals surface area contributed by atoms with Crippen LogP contribution in [0.1, 0.15) is 10.4 Å². The Kier molecular flexibility index (Phi) is 3.88. The Morgan fingerprint density at radius 3 is 2.72 bits per heavy atom. The molecular weight excluding hydrogens is 298 g/mol. The number of methoxy groups -OCH3 is 1. The van der Waals surface area contributed by atoms with Crippen molar-refractivity contribution >= 4 is 27.7 Å². The molecule has 0 unspecified atom stereocenters. The Hall–Kier alpha value is -1.95. The van der Waals surface area contributed by atoms with Gasteiger partial charge in [0.05, 0.1) is 11.6 Å². The smallest absolute Gasteiger partial charge is 0.262 e. The molecule has 0 atom stereocenters. The van der Waals surface area contributed by atoms with E-state index >= 15 is 0 Å².